The summed E-state index contributed by atoms with van der Waals surface area (Å²) in [6.07, 6.45) is 10.4. The molecule has 4 rings (SSSR count). The summed E-state index contributed by atoms with van der Waals surface area (Å²) in [6.45, 7) is 1.04. The minimum Gasteiger partial charge on any atom is -0.328 e. The summed E-state index contributed by atoms with van der Waals surface area (Å²) >= 11 is 0. The van der Waals surface area contributed by atoms with Gasteiger partial charge in [0.1, 0.15) is 5.82 Å². The van der Waals surface area contributed by atoms with Crippen molar-refractivity contribution in [2.75, 3.05) is 5.32 Å². The molecule has 1 saturated carbocycles. The molecule has 1 aliphatic carbocycles. The molecular formula is C20H28Cl2N4O. The lowest BCUT2D eigenvalue weighted by molar-refractivity contribution is -0.122. The van der Waals surface area contributed by atoms with Crippen LogP contribution in [0.3, 0.4) is 0 Å². The minimum absolute atomic E-state index is 0. The summed E-state index contributed by atoms with van der Waals surface area (Å²) in [5.74, 6) is 0.966. The van der Waals surface area contributed by atoms with E-state index >= 15 is 0 Å². The normalized spacial score (nSPS) is 17.8. The van der Waals surface area contributed by atoms with Crippen LogP contribution in [0, 0.1) is 0 Å². The van der Waals surface area contributed by atoms with Crippen LogP contribution in [0.1, 0.15) is 50.6 Å². The number of carbonyl (C=O) groups excluding carboxylic acids is 1. The summed E-state index contributed by atoms with van der Waals surface area (Å²) in [6, 6.07) is 7.96. The Bertz CT molecular complexity index is 767. The van der Waals surface area contributed by atoms with Crippen molar-refractivity contribution >= 4 is 36.4 Å². The van der Waals surface area contributed by atoms with Crippen LogP contribution in [0.25, 0.3) is 11.4 Å². The van der Waals surface area contributed by atoms with Crippen LogP contribution in [-0.4, -0.2) is 21.0 Å². The van der Waals surface area contributed by atoms with E-state index in [1.54, 1.807) is 0 Å². The summed E-state index contributed by atoms with van der Waals surface area (Å²) < 4.78 is 2.31. The van der Waals surface area contributed by atoms with E-state index in [0.29, 0.717) is 0 Å². The van der Waals surface area contributed by atoms with Crippen molar-refractivity contribution < 1.29 is 4.79 Å². The van der Waals surface area contributed by atoms with Gasteiger partial charge in [-0.05, 0) is 56.4 Å². The third-order valence-corrected chi connectivity index (χ3v) is 5.60. The first-order chi connectivity index (χ1) is 12.2. The third kappa shape index (κ3) is 4.48. The van der Waals surface area contributed by atoms with E-state index in [1.165, 1.54) is 25.0 Å². The fraction of sp³-hybridized carbons (Fsp3) is 0.500. The molecule has 7 heteroatoms. The lowest BCUT2D eigenvalue weighted by Gasteiger charge is -2.31. The molecule has 1 aromatic carbocycles. The van der Waals surface area contributed by atoms with Crippen LogP contribution in [0.4, 0.5) is 5.69 Å². The van der Waals surface area contributed by atoms with Crippen LogP contribution in [0.15, 0.2) is 30.5 Å². The molecule has 3 N–H and O–H groups in total. The highest BCUT2D eigenvalue weighted by molar-refractivity contribution is 5.98. The number of nitrogens with two attached hydrogens (primary N) is 1. The molecule has 0 radical (unpaired) electrons. The molecule has 0 unspecified atom stereocenters. The first-order valence-electron chi connectivity index (χ1n) is 9.41. The van der Waals surface area contributed by atoms with Gasteiger partial charge in [0.25, 0.3) is 0 Å². The van der Waals surface area contributed by atoms with E-state index in [-0.39, 0.29) is 30.7 Å². The largest absolute Gasteiger partial charge is 0.328 e. The first kappa shape index (κ1) is 21.7. The maximum Gasteiger partial charge on any atom is 0.244 e. The number of nitrogens with zero attached hydrogens (tertiary/aromatic N) is 2. The van der Waals surface area contributed by atoms with Crippen molar-refractivity contribution in [3.05, 3.63) is 36.2 Å². The lowest BCUT2D eigenvalue weighted by atomic mass is 9.82. The molecule has 1 aromatic heterocycles. The Balaban J connectivity index is 0.00000131. The Labute approximate surface area is 172 Å². The quantitative estimate of drug-likeness (QED) is 0.790. The Kier molecular flexibility index (Phi) is 7.32. The van der Waals surface area contributed by atoms with Gasteiger partial charge < -0.3 is 15.6 Å². The van der Waals surface area contributed by atoms with E-state index in [9.17, 15) is 4.79 Å². The number of hydrogen-bond donors (Lipinski definition) is 2. The Morgan fingerprint density at radius 1 is 1.04 bits per heavy atom. The summed E-state index contributed by atoms with van der Waals surface area (Å²) in [5, 5.41) is 3.00. The first-order valence-corrected chi connectivity index (χ1v) is 9.41. The van der Waals surface area contributed by atoms with Gasteiger partial charge in [0.15, 0.2) is 0 Å². The second-order valence-electron chi connectivity index (χ2n) is 7.43. The fourth-order valence-corrected chi connectivity index (χ4v) is 4.03. The second kappa shape index (κ2) is 9.09. The van der Waals surface area contributed by atoms with Gasteiger partial charge in [-0.2, -0.15) is 0 Å². The number of halogens is 2. The van der Waals surface area contributed by atoms with Crippen LogP contribution in [-0.2, 0) is 17.8 Å². The smallest absolute Gasteiger partial charge is 0.244 e. The standard InChI is InChI=1S/C20H26N4O.2ClH/c21-20(11-3-1-4-12-20)19(25)23-16-9-7-15(8-10-16)18-22-14-17-6-2-5-13-24(17)18;;/h7-10,14H,1-6,11-13,21H2,(H,23,25);2*1H. The van der Waals surface area contributed by atoms with Gasteiger partial charge in [-0.15, -0.1) is 24.8 Å². The molecule has 1 aliphatic heterocycles. The molecule has 0 atom stereocenters. The summed E-state index contributed by atoms with van der Waals surface area (Å²) in [5.41, 5.74) is 8.81. The van der Waals surface area contributed by atoms with Crippen molar-refractivity contribution in [2.45, 2.75) is 63.5 Å². The van der Waals surface area contributed by atoms with Gasteiger partial charge in [0, 0.05) is 29.7 Å². The van der Waals surface area contributed by atoms with Gasteiger partial charge in [0.2, 0.25) is 5.91 Å². The predicted molar refractivity (Wildman–Crippen MR) is 114 cm³/mol. The highest BCUT2D eigenvalue weighted by Gasteiger charge is 2.35. The van der Waals surface area contributed by atoms with Crippen LogP contribution in [0.5, 0.6) is 0 Å². The highest BCUT2D eigenvalue weighted by atomic mass is 35.5. The molecule has 2 aliphatic rings. The molecular weight excluding hydrogens is 383 g/mol. The SMILES string of the molecule is Cl.Cl.NC1(C(=O)Nc2ccc(-c3ncc4n3CCCC4)cc2)CCCCC1. The third-order valence-electron chi connectivity index (χ3n) is 5.60. The summed E-state index contributed by atoms with van der Waals surface area (Å²) in [4.78, 5) is 17.1. The molecule has 0 saturated heterocycles. The monoisotopic (exact) mass is 410 g/mol. The number of benzene rings is 1. The average Bonchev–Trinajstić information content (AvgIpc) is 3.07. The highest BCUT2D eigenvalue weighted by Crippen LogP contribution is 2.28. The molecule has 27 heavy (non-hydrogen) atoms. The van der Waals surface area contributed by atoms with Crippen LogP contribution < -0.4 is 11.1 Å². The maximum absolute atomic E-state index is 12.5. The number of anilines is 1. The van der Waals surface area contributed by atoms with Gasteiger partial charge >= 0.3 is 0 Å². The number of carbonyl (C=O) groups is 1. The van der Waals surface area contributed by atoms with Crippen molar-refractivity contribution in [2.24, 2.45) is 5.73 Å². The van der Waals surface area contributed by atoms with E-state index in [4.69, 9.17) is 5.73 Å². The average molecular weight is 411 g/mol. The van der Waals surface area contributed by atoms with Crippen molar-refractivity contribution in [1.29, 1.82) is 0 Å². The van der Waals surface area contributed by atoms with E-state index in [1.807, 2.05) is 30.5 Å². The van der Waals surface area contributed by atoms with Crippen molar-refractivity contribution in [3.63, 3.8) is 0 Å². The number of amides is 1. The Morgan fingerprint density at radius 2 is 1.74 bits per heavy atom. The molecule has 2 aromatic rings. The second-order valence-corrected chi connectivity index (χ2v) is 7.43. The number of fused-ring (bicyclic) bond motifs is 1. The zero-order valence-corrected chi connectivity index (χ0v) is 17.1. The minimum atomic E-state index is -0.709. The van der Waals surface area contributed by atoms with Gasteiger partial charge in [-0.1, -0.05) is 19.3 Å². The zero-order chi connectivity index (χ0) is 17.3. The van der Waals surface area contributed by atoms with Crippen molar-refractivity contribution in [1.82, 2.24) is 9.55 Å². The van der Waals surface area contributed by atoms with Gasteiger partial charge in [-0.25, -0.2) is 4.98 Å². The molecule has 0 bridgehead atoms. The van der Waals surface area contributed by atoms with E-state index < -0.39 is 5.54 Å². The van der Waals surface area contributed by atoms with E-state index in [0.717, 1.165) is 55.7 Å². The summed E-state index contributed by atoms with van der Waals surface area (Å²) in [7, 11) is 0. The Hall–Kier alpha value is -1.56. The fourth-order valence-electron chi connectivity index (χ4n) is 4.03. The predicted octanol–water partition coefficient (Wildman–Crippen LogP) is 4.33. The molecule has 148 valence electrons. The van der Waals surface area contributed by atoms with Gasteiger partial charge in [0.05, 0.1) is 5.54 Å². The van der Waals surface area contributed by atoms with Crippen molar-refractivity contribution in [3.8, 4) is 11.4 Å². The molecule has 1 amide bonds. The lowest BCUT2D eigenvalue weighted by Crippen LogP contribution is -2.52. The number of aromatic nitrogens is 2. The van der Waals surface area contributed by atoms with Gasteiger partial charge in [-0.3, -0.25) is 4.79 Å². The number of aryl methyl sites for hydroxylation is 1. The topological polar surface area (TPSA) is 72.9 Å². The number of rotatable bonds is 3. The maximum atomic E-state index is 12.5. The van der Waals surface area contributed by atoms with Crippen LogP contribution in [0.2, 0.25) is 0 Å². The van der Waals surface area contributed by atoms with E-state index in [2.05, 4.69) is 14.9 Å². The number of nitrogens with one attached hydrogen (secondary N) is 1. The van der Waals surface area contributed by atoms with Crippen LogP contribution >= 0.6 is 24.8 Å². The Morgan fingerprint density at radius 3 is 2.44 bits per heavy atom. The number of imidazole rings is 1. The number of hydrogen-bond acceptors (Lipinski definition) is 3. The molecule has 5 nitrogen and oxygen atoms in total. The molecule has 0 spiro atoms. The molecule has 2 heterocycles. The zero-order valence-electron chi connectivity index (χ0n) is 15.4. The molecule has 1 fully saturated rings.